The Bertz CT molecular complexity index is 613. The SMILES string of the molecule is CN1C(=O)N[C@](C)([C@@H]2CCCN(CCc3cnn(C)c3)C2)C1=O. The third kappa shape index (κ3) is 2.97. The van der Waals surface area contributed by atoms with Crippen LogP contribution in [0.5, 0.6) is 0 Å². The zero-order valence-corrected chi connectivity index (χ0v) is 14.1. The number of hydrogen-bond donors (Lipinski definition) is 1. The summed E-state index contributed by atoms with van der Waals surface area (Å²) < 4.78 is 1.82. The largest absolute Gasteiger partial charge is 0.324 e. The molecular formula is C16H25N5O2. The highest BCUT2D eigenvalue weighted by Crippen LogP contribution is 2.32. The zero-order valence-electron chi connectivity index (χ0n) is 14.1. The van der Waals surface area contributed by atoms with Gasteiger partial charge in [0.05, 0.1) is 6.20 Å². The van der Waals surface area contributed by atoms with Gasteiger partial charge in [-0.1, -0.05) is 0 Å². The van der Waals surface area contributed by atoms with Gasteiger partial charge in [-0.15, -0.1) is 0 Å². The van der Waals surface area contributed by atoms with Crippen LogP contribution >= 0.6 is 0 Å². The molecule has 1 aromatic heterocycles. The lowest BCUT2D eigenvalue weighted by Gasteiger charge is -2.39. The number of rotatable bonds is 4. The average Bonchev–Trinajstić information content (AvgIpc) is 3.04. The summed E-state index contributed by atoms with van der Waals surface area (Å²) in [4.78, 5) is 27.8. The summed E-state index contributed by atoms with van der Waals surface area (Å²) in [6.45, 7) is 4.71. The molecule has 0 saturated carbocycles. The number of carbonyl (C=O) groups excluding carboxylic acids is 2. The summed E-state index contributed by atoms with van der Waals surface area (Å²) in [6, 6.07) is -0.287. The number of aromatic nitrogens is 2. The first-order valence-corrected chi connectivity index (χ1v) is 8.20. The van der Waals surface area contributed by atoms with E-state index in [0.717, 1.165) is 38.9 Å². The maximum Gasteiger partial charge on any atom is 0.324 e. The van der Waals surface area contributed by atoms with Crippen molar-refractivity contribution in [3.05, 3.63) is 18.0 Å². The van der Waals surface area contributed by atoms with Gasteiger partial charge in [0.2, 0.25) is 0 Å². The molecule has 0 unspecified atom stereocenters. The molecule has 0 aliphatic carbocycles. The lowest BCUT2D eigenvalue weighted by molar-refractivity contribution is -0.132. The molecule has 7 nitrogen and oxygen atoms in total. The molecule has 2 saturated heterocycles. The summed E-state index contributed by atoms with van der Waals surface area (Å²) in [5.74, 6) is 0.0492. The van der Waals surface area contributed by atoms with E-state index in [1.807, 2.05) is 31.0 Å². The van der Waals surface area contributed by atoms with Crippen molar-refractivity contribution in [3.8, 4) is 0 Å². The van der Waals surface area contributed by atoms with Gasteiger partial charge in [0, 0.05) is 39.3 Å². The molecule has 0 spiro atoms. The number of imide groups is 1. The van der Waals surface area contributed by atoms with Crippen LogP contribution in [-0.4, -0.2) is 63.7 Å². The molecule has 2 fully saturated rings. The van der Waals surface area contributed by atoms with E-state index in [2.05, 4.69) is 15.3 Å². The van der Waals surface area contributed by atoms with Crippen LogP contribution in [0.2, 0.25) is 0 Å². The summed E-state index contributed by atoms with van der Waals surface area (Å²) in [5, 5.41) is 7.09. The first-order valence-electron chi connectivity index (χ1n) is 8.20. The van der Waals surface area contributed by atoms with Crippen molar-refractivity contribution in [2.75, 3.05) is 26.7 Å². The topological polar surface area (TPSA) is 70.5 Å². The summed E-state index contributed by atoms with van der Waals surface area (Å²) >= 11 is 0. The molecule has 0 bridgehead atoms. The summed E-state index contributed by atoms with van der Waals surface area (Å²) in [5.41, 5.74) is 0.463. The van der Waals surface area contributed by atoms with Crippen molar-refractivity contribution in [2.24, 2.45) is 13.0 Å². The van der Waals surface area contributed by atoms with Crippen LogP contribution < -0.4 is 5.32 Å². The Hall–Kier alpha value is -1.89. The monoisotopic (exact) mass is 319 g/mol. The predicted molar refractivity (Wildman–Crippen MR) is 85.8 cm³/mol. The highest BCUT2D eigenvalue weighted by Gasteiger charge is 2.51. The maximum absolute atomic E-state index is 12.4. The number of nitrogens with one attached hydrogen (secondary N) is 1. The minimum Gasteiger partial charge on any atom is -0.323 e. The number of aryl methyl sites for hydroxylation is 1. The summed E-state index contributed by atoms with van der Waals surface area (Å²) in [6.07, 6.45) is 6.92. The fraction of sp³-hybridized carbons (Fsp3) is 0.688. The molecule has 7 heteroatoms. The number of carbonyl (C=O) groups is 2. The highest BCUT2D eigenvalue weighted by molar-refractivity contribution is 6.06. The Morgan fingerprint density at radius 3 is 2.78 bits per heavy atom. The molecule has 3 heterocycles. The fourth-order valence-corrected chi connectivity index (χ4v) is 3.69. The van der Waals surface area contributed by atoms with Gasteiger partial charge in [-0.05, 0) is 38.3 Å². The molecule has 0 radical (unpaired) electrons. The standard InChI is InChI=1S/C16H25N5O2/c1-16(14(22)20(3)15(23)18-16)13-5-4-7-21(11-13)8-6-12-9-17-19(2)10-12/h9-10,13H,4-8,11H2,1-3H3,(H,18,23)/t13-,16-/m1/s1. The Morgan fingerprint density at radius 2 is 2.17 bits per heavy atom. The van der Waals surface area contributed by atoms with E-state index in [1.54, 1.807) is 7.05 Å². The molecule has 2 aliphatic rings. The maximum atomic E-state index is 12.4. The number of nitrogens with zero attached hydrogens (tertiary/aromatic N) is 4. The molecule has 2 aliphatic heterocycles. The number of likely N-dealkylation sites (tertiary alicyclic amines) is 1. The average molecular weight is 319 g/mol. The third-order valence-corrected chi connectivity index (χ3v) is 5.22. The number of piperidine rings is 1. The predicted octanol–water partition coefficient (Wildman–Crippen LogP) is 0.615. The third-order valence-electron chi connectivity index (χ3n) is 5.22. The lowest BCUT2D eigenvalue weighted by Crippen LogP contribution is -2.55. The molecule has 1 aromatic rings. The summed E-state index contributed by atoms with van der Waals surface area (Å²) in [7, 11) is 3.47. The van der Waals surface area contributed by atoms with Crippen molar-refractivity contribution < 1.29 is 9.59 Å². The lowest BCUT2D eigenvalue weighted by atomic mass is 9.80. The first-order chi connectivity index (χ1) is 10.9. The van der Waals surface area contributed by atoms with Crippen LogP contribution in [0.3, 0.4) is 0 Å². The van der Waals surface area contributed by atoms with Gasteiger partial charge in [0.25, 0.3) is 5.91 Å². The quantitative estimate of drug-likeness (QED) is 0.826. The van der Waals surface area contributed by atoms with E-state index < -0.39 is 5.54 Å². The van der Waals surface area contributed by atoms with Crippen LogP contribution in [0, 0.1) is 5.92 Å². The minimum absolute atomic E-state index is 0.110. The van der Waals surface area contributed by atoms with E-state index in [0.29, 0.717) is 0 Å². The van der Waals surface area contributed by atoms with Gasteiger partial charge in [-0.3, -0.25) is 14.4 Å². The molecule has 3 amide bonds. The van der Waals surface area contributed by atoms with Gasteiger partial charge in [-0.2, -0.15) is 5.10 Å². The molecule has 2 atom stereocenters. The molecule has 23 heavy (non-hydrogen) atoms. The highest BCUT2D eigenvalue weighted by atomic mass is 16.2. The first kappa shape index (κ1) is 16.0. The number of likely N-dealkylation sites (N-methyl/N-ethyl adjacent to an activating group) is 1. The van der Waals surface area contributed by atoms with Crippen molar-refractivity contribution in [1.29, 1.82) is 0 Å². The fourth-order valence-electron chi connectivity index (χ4n) is 3.69. The van der Waals surface area contributed by atoms with Crippen molar-refractivity contribution in [1.82, 2.24) is 24.9 Å². The van der Waals surface area contributed by atoms with E-state index in [-0.39, 0.29) is 17.9 Å². The van der Waals surface area contributed by atoms with E-state index >= 15 is 0 Å². The second kappa shape index (κ2) is 5.96. The van der Waals surface area contributed by atoms with Crippen LogP contribution in [0.1, 0.15) is 25.3 Å². The van der Waals surface area contributed by atoms with Gasteiger partial charge in [0.15, 0.2) is 0 Å². The van der Waals surface area contributed by atoms with Crippen LogP contribution in [0.25, 0.3) is 0 Å². The second-order valence-electron chi connectivity index (χ2n) is 6.91. The van der Waals surface area contributed by atoms with Crippen molar-refractivity contribution in [3.63, 3.8) is 0 Å². The Balaban J connectivity index is 1.62. The normalized spacial score (nSPS) is 29.2. The number of urea groups is 1. The van der Waals surface area contributed by atoms with Crippen LogP contribution in [-0.2, 0) is 18.3 Å². The number of hydrogen-bond acceptors (Lipinski definition) is 4. The van der Waals surface area contributed by atoms with Gasteiger partial charge < -0.3 is 10.2 Å². The van der Waals surface area contributed by atoms with E-state index in [9.17, 15) is 9.59 Å². The van der Waals surface area contributed by atoms with Crippen molar-refractivity contribution in [2.45, 2.75) is 31.7 Å². The molecule has 126 valence electrons. The molecular weight excluding hydrogens is 294 g/mol. The smallest absolute Gasteiger partial charge is 0.323 e. The Labute approximate surface area is 136 Å². The molecule has 0 aromatic carbocycles. The minimum atomic E-state index is -0.765. The Kier molecular flexibility index (Phi) is 4.14. The number of amides is 3. The van der Waals surface area contributed by atoms with Gasteiger partial charge >= 0.3 is 6.03 Å². The van der Waals surface area contributed by atoms with E-state index in [1.165, 1.54) is 10.5 Å². The van der Waals surface area contributed by atoms with Crippen LogP contribution in [0.15, 0.2) is 12.4 Å². The van der Waals surface area contributed by atoms with Crippen LogP contribution in [0.4, 0.5) is 4.79 Å². The van der Waals surface area contributed by atoms with Gasteiger partial charge in [-0.25, -0.2) is 4.79 Å². The second-order valence-corrected chi connectivity index (χ2v) is 6.91. The Morgan fingerprint density at radius 1 is 1.39 bits per heavy atom. The van der Waals surface area contributed by atoms with E-state index in [4.69, 9.17) is 0 Å². The van der Waals surface area contributed by atoms with Gasteiger partial charge in [0.1, 0.15) is 5.54 Å². The zero-order chi connectivity index (χ0) is 16.6. The molecule has 1 N–H and O–H groups in total. The molecule has 3 rings (SSSR count). The van der Waals surface area contributed by atoms with Crippen molar-refractivity contribution >= 4 is 11.9 Å².